The van der Waals surface area contributed by atoms with Gasteiger partial charge >= 0.3 is 0 Å². The van der Waals surface area contributed by atoms with Gasteiger partial charge in [0.25, 0.3) is 0 Å². The maximum Gasteiger partial charge on any atom is 0.207 e. The van der Waals surface area contributed by atoms with Crippen LogP contribution in [0.1, 0.15) is 20.8 Å². The van der Waals surface area contributed by atoms with Crippen LogP contribution in [0.3, 0.4) is 0 Å². The lowest BCUT2D eigenvalue weighted by atomic mass is 10.1. The van der Waals surface area contributed by atoms with Crippen molar-refractivity contribution in [1.82, 2.24) is 0 Å². The van der Waals surface area contributed by atoms with E-state index in [1.165, 1.54) is 6.92 Å². The third kappa shape index (κ3) is 2.23. The molecule has 0 bridgehead atoms. The van der Waals surface area contributed by atoms with Crippen molar-refractivity contribution < 1.29 is 13.6 Å². The predicted octanol–water partition coefficient (Wildman–Crippen LogP) is 4.22. The van der Waals surface area contributed by atoms with E-state index in [4.69, 9.17) is 11.6 Å². The minimum atomic E-state index is -0.738. The highest BCUT2D eigenvalue weighted by molar-refractivity contribution is 7.13. The minimum absolute atomic E-state index is 0.163. The topological polar surface area (TPSA) is 17.1 Å². The highest BCUT2D eigenvalue weighted by Crippen LogP contribution is 2.26. The van der Waals surface area contributed by atoms with Crippen molar-refractivity contribution in [2.24, 2.45) is 0 Å². The maximum atomic E-state index is 13.6. The van der Waals surface area contributed by atoms with E-state index in [0.717, 1.165) is 23.5 Å². The number of hydrogen-bond donors (Lipinski definition) is 0. The molecule has 1 aromatic heterocycles. The molecule has 88 valence electrons. The lowest BCUT2D eigenvalue weighted by Gasteiger charge is -2.03. The highest BCUT2D eigenvalue weighted by atomic mass is 35.5. The number of hydrogen-bond acceptors (Lipinski definition) is 2. The normalized spacial score (nSPS) is 10.6. The highest BCUT2D eigenvalue weighted by Gasteiger charge is 2.19. The number of rotatable bonds is 2. The second kappa shape index (κ2) is 4.55. The molecule has 0 unspecified atom stereocenters. The molecule has 17 heavy (non-hydrogen) atoms. The quantitative estimate of drug-likeness (QED) is 0.748. The van der Waals surface area contributed by atoms with E-state index in [9.17, 15) is 13.6 Å². The van der Waals surface area contributed by atoms with Crippen LogP contribution in [0.5, 0.6) is 0 Å². The van der Waals surface area contributed by atoms with E-state index in [0.29, 0.717) is 0 Å². The lowest BCUT2D eigenvalue weighted by molar-refractivity contribution is 0.103. The summed E-state index contributed by atoms with van der Waals surface area (Å²) in [4.78, 5) is 12.1. The molecular formula is C12H7ClF2OS. The third-order valence-electron chi connectivity index (χ3n) is 2.32. The van der Waals surface area contributed by atoms with Crippen LogP contribution in [0.2, 0.25) is 5.02 Å². The van der Waals surface area contributed by atoms with Gasteiger partial charge < -0.3 is 0 Å². The van der Waals surface area contributed by atoms with Crippen molar-refractivity contribution in [1.29, 1.82) is 0 Å². The Labute approximate surface area is 106 Å². The van der Waals surface area contributed by atoms with Crippen LogP contribution in [-0.4, -0.2) is 5.78 Å². The molecule has 1 aromatic carbocycles. The zero-order valence-electron chi connectivity index (χ0n) is 8.76. The summed E-state index contributed by atoms with van der Waals surface area (Å²) in [6.07, 6.45) is 0. The van der Waals surface area contributed by atoms with Gasteiger partial charge in [0.1, 0.15) is 11.6 Å². The first-order valence-corrected chi connectivity index (χ1v) is 6.00. The summed E-state index contributed by atoms with van der Waals surface area (Å²) < 4.78 is 26.9. The Hall–Kier alpha value is -1.26. The van der Waals surface area contributed by atoms with Gasteiger partial charge in [0.15, 0.2) is 0 Å². The van der Waals surface area contributed by atoms with Gasteiger partial charge in [0.2, 0.25) is 5.78 Å². The fourth-order valence-electron chi connectivity index (χ4n) is 1.40. The molecule has 2 aromatic rings. The lowest BCUT2D eigenvalue weighted by Crippen LogP contribution is -2.04. The van der Waals surface area contributed by atoms with Gasteiger partial charge in [0, 0.05) is 0 Å². The molecule has 0 fully saturated rings. The first-order valence-electron chi connectivity index (χ1n) is 4.74. The average Bonchev–Trinajstić information content (AvgIpc) is 2.69. The number of benzene rings is 1. The van der Waals surface area contributed by atoms with Crippen LogP contribution in [0.15, 0.2) is 23.6 Å². The SMILES string of the molecule is Cc1cc(F)c(C(=O)c2sccc2Cl)cc1F. The maximum absolute atomic E-state index is 13.6. The zero-order valence-corrected chi connectivity index (χ0v) is 10.3. The van der Waals surface area contributed by atoms with Crippen molar-refractivity contribution in [2.75, 3.05) is 0 Å². The minimum Gasteiger partial charge on any atom is -0.288 e. The summed E-state index contributed by atoms with van der Waals surface area (Å²) in [5.74, 6) is -1.94. The molecule has 1 nitrogen and oxygen atoms in total. The second-order valence-electron chi connectivity index (χ2n) is 3.51. The molecule has 0 saturated heterocycles. The molecule has 0 aliphatic rings. The smallest absolute Gasteiger partial charge is 0.207 e. The van der Waals surface area contributed by atoms with E-state index >= 15 is 0 Å². The van der Waals surface area contributed by atoms with Gasteiger partial charge in [-0.2, -0.15) is 0 Å². The molecule has 2 rings (SSSR count). The first-order chi connectivity index (χ1) is 8.00. The Morgan fingerprint density at radius 3 is 2.59 bits per heavy atom. The molecule has 0 radical (unpaired) electrons. The van der Waals surface area contributed by atoms with Gasteiger partial charge in [0.05, 0.1) is 15.5 Å². The van der Waals surface area contributed by atoms with E-state index < -0.39 is 17.4 Å². The zero-order chi connectivity index (χ0) is 12.6. The van der Waals surface area contributed by atoms with E-state index in [1.807, 2.05) is 0 Å². The van der Waals surface area contributed by atoms with E-state index in [2.05, 4.69) is 0 Å². The van der Waals surface area contributed by atoms with Crippen LogP contribution in [0, 0.1) is 18.6 Å². The van der Waals surface area contributed by atoms with Crippen LogP contribution < -0.4 is 0 Å². The summed E-state index contributed by atoms with van der Waals surface area (Å²) in [6.45, 7) is 1.44. The molecule has 1 heterocycles. The fraction of sp³-hybridized carbons (Fsp3) is 0.0833. The number of carbonyl (C=O) groups is 1. The monoisotopic (exact) mass is 272 g/mol. The van der Waals surface area contributed by atoms with Crippen molar-refractivity contribution in [3.8, 4) is 0 Å². The number of halogens is 3. The standard InChI is InChI=1S/C12H7ClF2OS/c1-6-4-10(15)7(5-9(6)14)11(16)12-8(13)2-3-17-12/h2-5H,1H3. The number of thiophene rings is 1. The first kappa shape index (κ1) is 12.2. The molecule has 0 saturated carbocycles. The Morgan fingerprint density at radius 1 is 1.29 bits per heavy atom. The van der Waals surface area contributed by atoms with Gasteiger partial charge in [-0.3, -0.25) is 4.79 Å². The number of ketones is 1. The Bertz CT molecular complexity index is 592. The molecule has 0 spiro atoms. The van der Waals surface area contributed by atoms with E-state index in [-0.39, 0.29) is 21.0 Å². The second-order valence-corrected chi connectivity index (χ2v) is 4.83. The molecule has 0 amide bonds. The Morgan fingerprint density at radius 2 is 2.00 bits per heavy atom. The Balaban J connectivity index is 2.52. The number of carbonyl (C=O) groups excluding carboxylic acids is 1. The summed E-state index contributed by atoms with van der Waals surface area (Å²) in [7, 11) is 0. The van der Waals surface area contributed by atoms with Crippen molar-refractivity contribution in [3.05, 3.63) is 56.2 Å². The summed E-state index contributed by atoms with van der Waals surface area (Å²) in [5.41, 5.74) is -0.131. The Kier molecular flexibility index (Phi) is 3.26. The van der Waals surface area contributed by atoms with Crippen LogP contribution >= 0.6 is 22.9 Å². The molecule has 0 aliphatic heterocycles. The molecule has 0 atom stereocenters. The van der Waals surface area contributed by atoms with Crippen LogP contribution in [-0.2, 0) is 0 Å². The summed E-state index contributed by atoms with van der Waals surface area (Å²) in [5, 5.41) is 1.87. The average molecular weight is 273 g/mol. The van der Waals surface area contributed by atoms with Gasteiger partial charge in [-0.25, -0.2) is 8.78 Å². The molecule has 5 heteroatoms. The predicted molar refractivity (Wildman–Crippen MR) is 63.9 cm³/mol. The third-order valence-corrected chi connectivity index (χ3v) is 3.66. The largest absolute Gasteiger partial charge is 0.288 e. The number of aryl methyl sites for hydroxylation is 1. The van der Waals surface area contributed by atoms with Crippen molar-refractivity contribution in [3.63, 3.8) is 0 Å². The summed E-state index contributed by atoms with van der Waals surface area (Å²) >= 11 is 6.88. The van der Waals surface area contributed by atoms with Gasteiger partial charge in [-0.05, 0) is 36.1 Å². The fourth-order valence-corrected chi connectivity index (χ4v) is 2.49. The van der Waals surface area contributed by atoms with Gasteiger partial charge in [-0.15, -0.1) is 11.3 Å². The molecule has 0 aliphatic carbocycles. The van der Waals surface area contributed by atoms with E-state index in [1.54, 1.807) is 11.4 Å². The van der Waals surface area contributed by atoms with Crippen LogP contribution in [0.4, 0.5) is 8.78 Å². The van der Waals surface area contributed by atoms with Crippen LogP contribution in [0.25, 0.3) is 0 Å². The molecular weight excluding hydrogens is 266 g/mol. The summed E-state index contributed by atoms with van der Waals surface area (Å²) in [6, 6.07) is 3.45. The van der Waals surface area contributed by atoms with Crippen molar-refractivity contribution >= 4 is 28.7 Å². The molecule has 0 N–H and O–H groups in total. The van der Waals surface area contributed by atoms with Gasteiger partial charge in [-0.1, -0.05) is 11.6 Å². The van der Waals surface area contributed by atoms with Crippen molar-refractivity contribution in [2.45, 2.75) is 6.92 Å².